The van der Waals surface area contributed by atoms with Gasteiger partial charge < -0.3 is 18.6 Å². The van der Waals surface area contributed by atoms with E-state index in [1.807, 2.05) is 25.1 Å². The average molecular weight is 408 g/mol. The topological polar surface area (TPSA) is 77.8 Å². The van der Waals surface area contributed by atoms with E-state index in [1.165, 1.54) is 6.07 Å². The number of carbonyl (C=O) groups is 1. The maximum Gasteiger partial charge on any atom is 0.328 e. The lowest BCUT2D eigenvalue weighted by Crippen LogP contribution is -2.30. The Labute approximate surface area is 163 Å². The van der Waals surface area contributed by atoms with Crippen LogP contribution in [0.4, 0.5) is 14.5 Å². The van der Waals surface area contributed by atoms with Crippen LogP contribution in [0.25, 0.3) is 11.0 Å². The number of anilines is 1. The number of halogens is 2. The highest BCUT2D eigenvalue weighted by Crippen LogP contribution is 2.28. The first-order valence-corrected chi connectivity index (χ1v) is 9.50. The monoisotopic (exact) mass is 408 g/mol. The molecule has 3 rings (SSSR count). The maximum absolute atomic E-state index is 13.6. The molecular weight excluding hydrogens is 390 g/mol. The van der Waals surface area contributed by atoms with Crippen LogP contribution in [0.15, 0.2) is 45.7 Å². The molecule has 0 spiro atoms. The lowest BCUT2D eigenvalue weighted by molar-refractivity contribution is 0.0956. The second-order valence-electron chi connectivity index (χ2n) is 6.07. The molecule has 0 fully saturated rings. The molecule has 0 saturated carbocycles. The van der Waals surface area contributed by atoms with Crippen LogP contribution in [0.2, 0.25) is 0 Å². The van der Waals surface area contributed by atoms with Crippen LogP contribution in [-0.4, -0.2) is 31.2 Å². The van der Waals surface area contributed by atoms with Crippen molar-refractivity contribution in [3.05, 3.63) is 53.8 Å². The molecule has 148 valence electrons. The Kier molecular flexibility index (Phi) is 5.76. The summed E-state index contributed by atoms with van der Waals surface area (Å²) in [6.45, 7) is 1.80. The zero-order valence-electron chi connectivity index (χ0n) is 15.4. The largest absolute Gasteiger partial charge is 0.588 e. The van der Waals surface area contributed by atoms with Gasteiger partial charge in [-0.15, -0.1) is 0 Å². The van der Waals surface area contributed by atoms with Gasteiger partial charge in [0, 0.05) is 43.4 Å². The molecule has 0 aliphatic rings. The molecule has 28 heavy (non-hydrogen) atoms. The van der Waals surface area contributed by atoms with E-state index in [1.54, 1.807) is 19.1 Å². The molecule has 1 aromatic heterocycles. The minimum Gasteiger partial charge on any atom is -0.588 e. The predicted octanol–water partition coefficient (Wildman–Crippen LogP) is 3.63. The van der Waals surface area contributed by atoms with Gasteiger partial charge in [0.1, 0.15) is 16.9 Å². The molecule has 0 radical (unpaired) electrons. The molecule has 0 aliphatic heterocycles. The Bertz CT molecular complexity index is 1020. The second-order valence-corrected chi connectivity index (χ2v) is 7.25. The average Bonchev–Trinajstić information content (AvgIpc) is 3.08. The summed E-state index contributed by atoms with van der Waals surface area (Å²) < 4.78 is 52.4. The van der Waals surface area contributed by atoms with Gasteiger partial charge in [0.2, 0.25) is 4.90 Å². The van der Waals surface area contributed by atoms with Crippen LogP contribution < -0.4 is 14.4 Å². The van der Waals surface area contributed by atoms with E-state index < -0.39 is 28.9 Å². The molecule has 1 unspecified atom stereocenters. The van der Waals surface area contributed by atoms with Gasteiger partial charge in [0.05, 0.1) is 6.61 Å². The predicted molar refractivity (Wildman–Crippen MR) is 102 cm³/mol. The molecule has 1 heterocycles. The Balaban J connectivity index is 1.84. The van der Waals surface area contributed by atoms with E-state index in [4.69, 9.17) is 9.15 Å². The molecule has 1 amide bonds. The zero-order chi connectivity index (χ0) is 20.4. The molecule has 0 saturated heterocycles. The van der Waals surface area contributed by atoms with Crippen molar-refractivity contribution in [2.24, 2.45) is 0 Å². The normalized spacial score (nSPS) is 12.1. The molecule has 0 bridgehead atoms. The van der Waals surface area contributed by atoms with Gasteiger partial charge in [-0.1, -0.05) is 0 Å². The first-order valence-electron chi connectivity index (χ1n) is 8.35. The van der Waals surface area contributed by atoms with Crippen molar-refractivity contribution in [3.8, 4) is 5.75 Å². The lowest BCUT2D eigenvalue weighted by Gasteiger charge is -2.13. The van der Waals surface area contributed by atoms with E-state index in [0.717, 1.165) is 17.8 Å². The number of hydrogen-bond donors (Lipinski definition) is 1. The number of hydrogen-bond acceptors (Lipinski definition) is 5. The summed E-state index contributed by atoms with van der Waals surface area (Å²) in [6, 6.07) is 8.47. The van der Waals surface area contributed by atoms with Gasteiger partial charge in [0.15, 0.2) is 23.1 Å². The number of ether oxygens (including phenoxy) is 1. The highest BCUT2D eigenvalue weighted by Gasteiger charge is 2.26. The Morgan fingerprint density at radius 3 is 2.61 bits per heavy atom. The van der Waals surface area contributed by atoms with Crippen molar-refractivity contribution < 1.29 is 27.3 Å². The highest BCUT2D eigenvalue weighted by molar-refractivity contribution is 7.90. The van der Waals surface area contributed by atoms with Crippen LogP contribution in [-0.2, 0) is 11.4 Å². The summed E-state index contributed by atoms with van der Waals surface area (Å²) in [5.41, 5.74) is 1.38. The van der Waals surface area contributed by atoms with Crippen molar-refractivity contribution >= 4 is 33.9 Å². The smallest absolute Gasteiger partial charge is 0.328 e. The van der Waals surface area contributed by atoms with Crippen LogP contribution >= 0.6 is 0 Å². The number of rotatable bonds is 6. The number of nitrogens with one attached hydrogen (secondary N) is 1. The SMILES string of the molecule is CCOc1cc(F)c(F)cc1[S+]([O-])NC(=O)c1cc2ccc(N(C)C)cc2o1. The van der Waals surface area contributed by atoms with Gasteiger partial charge >= 0.3 is 5.91 Å². The van der Waals surface area contributed by atoms with Crippen molar-refractivity contribution in [2.45, 2.75) is 11.8 Å². The minimum atomic E-state index is -2.18. The third-order valence-corrected chi connectivity index (χ3v) is 5.00. The van der Waals surface area contributed by atoms with Crippen LogP contribution in [0.1, 0.15) is 17.5 Å². The summed E-state index contributed by atoms with van der Waals surface area (Å²) in [5.74, 6) is -3.25. The maximum atomic E-state index is 13.6. The molecule has 6 nitrogen and oxygen atoms in total. The third kappa shape index (κ3) is 4.05. The first-order chi connectivity index (χ1) is 13.3. The fourth-order valence-corrected chi connectivity index (χ4v) is 3.41. The number of benzene rings is 2. The molecule has 1 atom stereocenters. The Hall–Kier alpha value is -2.78. The molecule has 2 aromatic carbocycles. The van der Waals surface area contributed by atoms with E-state index in [9.17, 15) is 18.1 Å². The third-order valence-electron chi connectivity index (χ3n) is 3.92. The van der Waals surface area contributed by atoms with E-state index in [-0.39, 0.29) is 23.0 Å². The van der Waals surface area contributed by atoms with Crippen molar-refractivity contribution in [1.82, 2.24) is 4.72 Å². The standard InChI is InChI=1S/C19H18F2N2O4S/c1-4-26-16-9-13(20)14(21)10-18(16)28(25)22-19(24)17-7-11-5-6-12(23(2)3)8-15(11)27-17/h5-10H,4H2,1-3H3,(H,22,24). The van der Waals surface area contributed by atoms with Gasteiger partial charge in [-0.2, -0.15) is 4.72 Å². The Morgan fingerprint density at radius 1 is 1.21 bits per heavy atom. The van der Waals surface area contributed by atoms with Gasteiger partial charge in [-0.3, -0.25) is 4.79 Å². The summed E-state index contributed by atoms with van der Waals surface area (Å²) in [7, 11) is 3.75. The van der Waals surface area contributed by atoms with Crippen molar-refractivity contribution in [1.29, 1.82) is 0 Å². The fourth-order valence-electron chi connectivity index (χ4n) is 2.52. The summed E-state index contributed by atoms with van der Waals surface area (Å²) in [5, 5.41) is 0.698. The van der Waals surface area contributed by atoms with Crippen molar-refractivity contribution in [3.63, 3.8) is 0 Å². The fraction of sp³-hybridized carbons (Fsp3) is 0.211. The molecule has 9 heteroatoms. The quantitative estimate of drug-likeness (QED) is 0.631. The van der Waals surface area contributed by atoms with Crippen LogP contribution in [0.3, 0.4) is 0 Å². The molecule has 3 aromatic rings. The summed E-state index contributed by atoms with van der Waals surface area (Å²) in [6.07, 6.45) is 0. The zero-order valence-corrected chi connectivity index (χ0v) is 16.2. The lowest BCUT2D eigenvalue weighted by atomic mass is 10.2. The minimum absolute atomic E-state index is 0.0557. The van der Waals surface area contributed by atoms with Gasteiger partial charge in [-0.05, 0) is 25.1 Å². The molecular formula is C19H18F2N2O4S. The van der Waals surface area contributed by atoms with Crippen LogP contribution in [0.5, 0.6) is 5.75 Å². The summed E-state index contributed by atoms with van der Waals surface area (Å²) in [4.78, 5) is 14.1. The van der Waals surface area contributed by atoms with Gasteiger partial charge in [0.25, 0.3) is 0 Å². The van der Waals surface area contributed by atoms with E-state index >= 15 is 0 Å². The second kappa shape index (κ2) is 8.07. The Morgan fingerprint density at radius 2 is 1.93 bits per heavy atom. The molecule has 0 aliphatic carbocycles. The number of fused-ring (bicyclic) bond motifs is 1. The number of furan rings is 1. The number of amides is 1. The molecule has 1 N–H and O–H groups in total. The van der Waals surface area contributed by atoms with Gasteiger partial charge in [-0.25, -0.2) is 8.78 Å². The van der Waals surface area contributed by atoms with E-state index in [2.05, 4.69) is 4.72 Å². The number of carbonyl (C=O) groups excluding carboxylic acids is 1. The number of nitrogens with zero attached hydrogens (tertiary/aromatic N) is 1. The van der Waals surface area contributed by atoms with E-state index in [0.29, 0.717) is 11.0 Å². The summed E-state index contributed by atoms with van der Waals surface area (Å²) >= 11 is -2.18. The van der Waals surface area contributed by atoms with Crippen LogP contribution in [0, 0.1) is 11.6 Å². The van der Waals surface area contributed by atoms with Crippen molar-refractivity contribution in [2.75, 3.05) is 25.6 Å². The first kappa shape index (κ1) is 20.0. The highest BCUT2D eigenvalue weighted by atomic mass is 32.2.